The third-order valence-electron chi connectivity index (χ3n) is 4.74. The molecular formula is C18H38N2. The van der Waals surface area contributed by atoms with Gasteiger partial charge in [-0.1, -0.05) is 6.92 Å². The zero-order valence-electron chi connectivity index (χ0n) is 15.0. The second-order valence-electron chi connectivity index (χ2n) is 8.89. The van der Waals surface area contributed by atoms with E-state index in [0.717, 1.165) is 17.8 Å². The van der Waals surface area contributed by atoms with Crippen molar-refractivity contribution in [1.82, 2.24) is 10.6 Å². The molecule has 0 saturated heterocycles. The highest BCUT2D eigenvalue weighted by atomic mass is 14.9. The van der Waals surface area contributed by atoms with Gasteiger partial charge in [0.25, 0.3) is 0 Å². The molecule has 120 valence electrons. The normalized spacial score (nSPS) is 28.1. The summed E-state index contributed by atoms with van der Waals surface area (Å²) in [6.07, 6.45) is 5.57. The summed E-state index contributed by atoms with van der Waals surface area (Å²) in [6.45, 7) is 18.4. The van der Waals surface area contributed by atoms with Gasteiger partial charge in [-0.05, 0) is 98.1 Å². The minimum absolute atomic E-state index is 0.262. The van der Waals surface area contributed by atoms with Gasteiger partial charge < -0.3 is 10.6 Å². The zero-order chi connectivity index (χ0) is 15.4. The average Bonchev–Trinajstić information content (AvgIpc) is 2.58. The Morgan fingerprint density at radius 2 is 1.10 bits per heavy atom. The molecule has 2 N–H and O–H groups in total. The minimum Gasteiger partial charge on any atom is -0.312 e. The van der Waals surface area contributed by atoms with Crippen molar-refractivity contribution in [3.05, 3.63) is 0 Å². The van der Waals surface area contributed by atoms with Crippen LogP contribution in [0.25, 0.3) is 0 Å². The maximum atomic E-state index is 3.63. The summed E-state index contributed by atoms with van der Waals surface area (Å²) >= 11 is 0. The van der Waals surface area contributed by atoms with Gasteiger partial charge in [0.1, 0.15) is 0 Å². The van der Waals surface area contributed by atoms with Gasteiger partial charge in [0.05, 0.1) is 0 Å². The summed E-state index contributed by atoms with van der Waals surface area (Å²) in [6, 6.07) is 0. The molecule has 1 aliphatic rings. The van der Waals surface area contributed by atoms with Crippen LogP contribution in [0.2, 0.25) is 0 Å². The largest absolute Gasteiger partial charge is 0.312 e. The highest BCUT2D eigenvalue weighted by Crippen LogP contribution is 2.40. The number of hydrogen-bond donors (Lipinski definition) is 2. The lowest BCUT2D eigenvalue weighted by Gasteiger charge is -2.26. The molecule has 1 fully saturated rings. The molecule has 0 aromatic heterocycles. The van der Waals surface area contributed by atoms with Crippen LogP contribution in [0, 0.1) is 17.8 Å². The van der Waals surface area contributed by atoms with Crippen molar-refractivity contribution in [3.8, 4) is 0 Å². The predicted octanol–water partition coefficient (Wildman–Crippen LogP) is 4.21. The molecule has 2 heteroatoms. The predicted molar refractivity (Wildman–Crippen MR) is 90.1 cm³/mol. The third-order valence-corrected chi connectivity index (χ3v) is 4.74. The Hall–Kier alpha value is -0.0800. The van der Waals surface area contributed by atoms with Crippen LogP contribution in [0.4, 0.5) is 0 Å². The molecule has 0 aromatic carbocycles. The van der Waals surface area contributed by atoms with Crippen molar-refractivity contribution in [2.75, 3.05) is 13.1 Å². The van der Waals surface area contributed by atoms with Gasteiger partial charge in [-0.25, -0.2) is 0 Å². The molecule has 0 heterocycles. The first-order valence-electron chi connectivity index (χ1n) is 8.58. The van der Waals surface area contributed by atoms with Crippen LogP contribution < -0.4 is 10.6 Å². The van der Waals surface area contributed by atoms with Gasteiger partial charge >= 0.3 is 0 Å². The van der Waals surface area contributed by atoms with Gasteiger partial charge in [0.2, 0.25) is 0 Å². The standard InChI is InChI=1S/C18H38N2/c1-14-15(10-12-19-17(2,3)4)8-9-16(14)11-13-20-18(5,6)7/h14-16,19-20H,8-13H2,1-7H3. The van der Waals surface area contributed by atoms with Crippen LogP contribution in [0.3, 0.4) is 0 Å². The lowest BCUT2D eigenvalue weighted by atomic mass is 9.87. The van der Waals surface area contributed by atoms with E-state index in [9.17, 15) is 0 Å². The maximum Gasteiger partial charge on any atom is 0.00965 e. The van der Waals surface area contributed by atoms with Crippen molar-refractivity contribution in [2.45, 2.75) is 85.2 Å². The molecular weight excluding hydrogens is 244 g/mol. The molecule has 0 radical (unpaired) electrons. The molecule has 1 aliphatic carbocycles. The SMILES string of the molecule is CC1C(CCNC(C)(C)C)CCC1CCNC(C)(C)C. The van der Waals surface area contributed by atoms with Crippen molar-refractivity contribution in [1.29, 1.82) is 0 Å². The highest BCUT2D eigenvalue weighted by molar-refractivity contribution is 4.84. The summed E-state index contributed by atoms with van der Waals surface area (Å²) in [5.74, 6) is 2.77. The summed E-state index contributed by atoms with van der Waals surface area (Å²) in [5, 5.41) is 7.27. The fraction of sp³-hybridized carbons (Fsp3) is 1.00. The second-order valence-corrected chi connectivity index (χ2v) is 8.89. The number of hydrogen-bond acceptors (Lipinski definition) is 2. The van der Waals surface area contributed by atoms with Crippen LogP contribution in [0.5, 0.6) is 0 Å². The molecule has 0 spiro atoms. The van der Waals surface area contributed by atoms with Crippen molar-refractivity contribution < 1.29 is 0 Å². The topological polar surface area (TPSA) is 24.1 Å². The molecule has 2 unspecified atom stereocenters. The molecule has 1 rings (SSSR count). The molecule has 20 heavy (non-hydrogen) atoms. The van der Waals surface area contributed by atoms with E-state index in [1.54, 1.807) is 0 Å². The third kappa shape index (κ3) is 7.08. The summed E-state index contributed by atoms with van der Waals surface area (Å²) in [7, 11) is 0. The van der Waals surface area contributed by atoms with Gasteiger partial charge in [-0.15, -0.1) is 0 Å². The quantitative estimate of drug-likeness (QED) is 0.763. The fourth-order valence-electron chi connectivity index (χ4n) is 3.42. The minimum atomic E-state index is 0.262. The van der Waals surface area contributed by atoms with E-state index >= 15 is 0 Å². The van der Waals surface area contributed by atoms with E-state index in [1.165, 1.54) is 38.8 Å². The molecule has 0 aromatic rings. The Balaban J connectivity index is 2.24. The number of rotatable bonds is 6. The molecule has 0 aliphatic heterocycles. The molecule has 1 saturated carbocycles. The number of nitrogens with one attached hydrogen (secondary N) is 2. The Bertz CT molecular complexity index is 244. The van der Waals surface area contributed by atoms with E-state index in [-0.39, 0.29) is 11.1 Å². The smallest absolute Gasteiger partial charge is 0.00965 e. The Kier molecular flexibility index (Phi) is 6.53. The van der Waals surface area contributed by atoms with Crippen molar-refractivity contribution in [2.24, 2.45) is 17.8 Å². The van der Waals surface area contributed by atoms with E-state index in [2.05, 4.69) is 59.1 Å². The lowest BCUT2D eigenvalue weighted by molar-refractivity contribution is 0.287. The first-order chi connectivity index (χ1) is 9.08. The van der Waals surface area contributed by atoms with Gasteiger partial charge in [-0.3, -0.25) is 0 Å². The lowest BCUT2D eigenvalue weighted by Crippen LogP contribution is -2.37. The van der Waals surface area contributed by atoms with Crippen LogP contribution in [-0.4, -0.2) is 24.2 Å². The molecule has 0 amide bonds. The molecule has 2 nitrogen and oxygen atoms in total. The van der Waals surface area contributed by atoms with Crippen molar-refractivity contribution in [3.63, 3.8) is 0 Å². The average molecular weight is 283 g/mol. The highest BCUT2D eigenvalue weighted by Gasteiger charge is 2.32. The van der Waals surface area contributed by atoms with Crippen LogP contribution in [0.15, 0.2) is 0 Å². The summed E-state index contributed by atoms with van der Waals surface area (Å²) in [4.78, 5) is 0. The first-order valence-corrected chi connectivity index (χ1v) is 8.58. The van der Waals surface area contributed by atoms with Gasteiger partial charge in [-0.2, -0.15) is 0 Å². The summed E-state index contributed by atoms with van der Waals surface area (Å²) in [5.41, 5.74) is 0.524. The first kappa shape index (κ1) is 18.0. The van der Waals surface area contributed by atoms with E-state index < -0.39 is 0 Å². The van der Waals surface area contributed by atoms with Crippen LogP contribution in [0.1, 0.15) is 74.1 Å². The van der Waals surface area contributed by atoms with Crippen LogP contribution in [-0.2, 0) is 0 Å². The van der Waals surface area contributed by atoms with Gasteiger partial charge in [0, 0.05) is 11.1 Å². The molecule has 0 bridgehead atoms. The zero-order valence-corrected chi connectivity index (χ0v) is 15.0. The summed E-state index contributed by atoms with van der Waals surface area (Å²) < 4.78 is 0. The Morgan fingerprint density at radius 1 is 0.750 bits per heavy atom. The van der Waals surface area contributed by atoms with E-state index in [4.69, 9.17) is 0 Å². The van der Waals surface area contributed by atoms with Gasteiger partial charge in [0.15, 0.2) is 0 Å². The molecule has 2 atom stereocenters. The Morgan fingerprint density at radius 3 is 1.40 bits per heavy atom. The Labute approximate surface area is 127 Å². The fourth-order valence-corrected chi connectivity index (χ4v) is 3.42. The van der Waals surface area contributed by atoms with Crippen molar-refractivity contribution >= 4 is 0 Å². The van der Waals surface area contributed by atoms with E-state index in [1.807, 2.05) is 0 Å². The second kappa shape index (κ2) is 7.26. The van der Waals surface area contributed by atoms with Crippen LogP contribution >= 0.6 is 0 Å². The maximum absolute atomic E-state index is 3.63. The van der Waals surface area contributed by atoms with E-state index in [0.29, 0.717) is 0 Å². The monoisotopic (exact) mass is 282 g/mol.